The van der Waals surface area contributed by atoms with E-state index in [2.05, 4.69) is 37.8 Å². The molecule has 0 radical (unpaired) electrons. The summed E-state index contributed by atoms with van der Waals surface area (Å²) in [6.07, 6.45) is 6.42. The summed E-state index contributed by atoms with van der Waals surface area (Å²) in [5.41, 5.74) is -0.588. The van der Waals surface area contributed by atoms with Crippen LogP contribution in [0.5, 0.6) is 0 Å². The fraction of sp³-hybridized carbons (Fsp3) is 0.875. The van der Waals surface area contributed by atoms with Crippen molar-refractivity contribution in [3.63, 3.8) is 0 Å². The molecule has 0 aromatic carbocycles. The summed E-state index contributed by atoms with van der Waals surface area (Å²) in [6.45, 7) is 9.75. The van der Waals surface area contributed by atoms with E-state index in [-0.39, 0.29) is 0 Å². The minimum Gasteiger partial charge on any atom is -0.389 e. The summed E-state index contributed by atoms with van der Waals surface area (Å²) in [5.74, 6) is 2.76. The molecule has 20 heavy (non-hydrogen) atoms. The van der Waals surface area contributed by atoms with Crippen LogP contribution in [-0.2, 0) is 13.0 Å². The standard InChI is InChI=1S/C16H29N3O/c1-12(2)10-19-15(17-11-18-19)9-16(20)7-5-6-14(8-16)13(3)4/h11-14,20H,5-10H2,1-4H3. The van der Waals surface area contributed by atoms with Gasteiger partial charge >= 0.3 is 0 Å². The second-order valence-corrected chi connectivity index (χ2v) is 7.25. The van der Waals surface area contributed by atoms with Gasteiger partial charge in [0.2, 0.25) is 0 Å². The van der Waals surface area contributed by atoms with Crippen LogP contribution in [0.4, 0.5) is 0 Å². The van der Waals surface area contributed by atoms with Crippen molar-refractivity contribution in [3.05, 3.63) is 12.2 Å². The van der Waals surface area contributed by atoms with Crippen LogP contribution in [0.25, 0.3) is 0 Å². The Hall–Kier alpha value is -0.900. The van der Waals surface area contributed by atoms with E-state index in [4.69, 9.17) is 0 Å². The smallest absolute Gasteiger partial charge is 0.138 e. The van der Waals surface area contributed by atoms with E-state index in [1.165, 1.54) is 6.42 Å². The topological polar surface area (TPSA) is 50.9 Å². The molecule has 2 unspecified atom stereocenters. The fourth-order valence-electron chi connectivity index (χ4n) is 3.33. The number of hydrogen-bond acceptors (Lipinski definition) is 3. The maximum absolute atomic E-state index is 10.9. The Bertz CT molecular complexity index is 427. The lowest BCUT2D eigenvalue weighted by molar-refractivity contribution is -0.0262. The van der Waals surface area contributed by atoms with E-state index in [1.54, 1.807) is 6.33 Å². The van der Waals surface area contributed by atoms with Crippen molar-refractivity contribution in [1.29, 1.82) is 0 Å². The zero-order valence-electron chi connectivity index (χ0n) is 13.3. The molecule has 1 saturated carbocycles. The van der Waals surface area contributed by atoms with Crippen LogP contribution in [0.2, 0.25) is 0 Å². The van der Waals surface area contributed by atoms with Gasteiger partial charge in [-0.25, -0.2) is 9.67 Å². The zero-order chi connectivity index (χ0) is 14.8. The minimum absolute atomic E-state index is 0.542. The third kappa shape index (κ3) is 3.81. The van der Waals surface area contributed by atoms with Gasteiger partial charge in [0.25, 0.3) is 0 Å². The number of rotatable bonds is 5. The van der Waals surface area contributed by atoms with Gasteiger partial charge < -0.3 is 5.11 Å². The van der Waals surface area contributed by atoms with Crippen LogP contribution in [0.3, 0.4) is 0 Å². The first-order valence-corrected chi connectivity index (χ1v) is 7.99. The highest BCUT2D eigenvalue weighted by molar-refractivity contribution is 4.98. The van der Waals surface area contributed by atoms with Crippen molar-refractivity contribution in [1.82, 2.24) is 14.8 Å². The number of aliphatic hydroxyl groups is 1. The highest BCUT2D eigenvalue weighted by atomic mass is 16.3. The Morgan fingerprint density at radius 3 is 2.80 bits per heavy atom. The predicted octanol–water partition coefficient (Wildman–Crippen LogP) is 3.05. The van der Waals surface area contributed by atoms with E-state index >= 15 is 0 Å². The van der Waals surface area contributed by atoms with Crippen molar-refractivity contribution < 1.29 is 5.11 Å². The Labute approximate surface area is 122 Å². The first kappa shape index (κ1) is 15.5. The molecule has 1 heterocycles. The van der Waals surface area contributed by atoms with Crippen molar-refractivity contribution in [2.45, 2.75) is 71.9 Å². The van der Waals surface area contributed by atoms with Crippen molar-refractivity contribution in [2.75, 3.05) is 0 Å². The molecule has 1 fully saturated rings. The number of hydrogen-bond donors (Lipinski definition) is 1. The Balaban J connectivity index is 2.06. The molecular formula is C16H29N3O. The Kier molecular flexibility index (Phi) is 4.84. The summed E-state index contributed by atoms with van der Waals surface area (Å²) < 4.78 is 1.96. The molecule has 1 aliphatic carbocycles. The first-order chi connectivity index (χ1) is 9.39. The van der Waals surface area contributed by atoms with Crippen molar-refractivity contribution >= 4 is 0 Å². The molecule has 114 valence electrons. The normalized spacial score (nSPS) is 27.4. The van der Waals surface area contributed by atoms with Crippen LogP contribution in [-0.4, -0.2) is 25.5 Å². The summed E-state index contributed by atoms with van der Waals surface area (Å²) in [5, 5.41) is 15.2. The molecule has 2 rings (SSSR count). The molecular weight excluding hydrogens is 250 g/mol. The van der Waals surface area contributed by atoms with E-state index in [1.807, 2.05) is 4.68 Å². The molecule has 1 aromatic heterocycles. The van der Waals surface area contributed by atoms with E-state index < -0.39 is 5.60 Å². The SMILES string of the molecule is CC(C)Cn1ncnc1CC1(O)CCCC(C(C)C)C1. The van der Waals surface area contributed by atoms with Gasteiger partial charge in [0.05, 0.1) is 5.60 Å². The average molecular weight is 279 g/mol. The summed E-state index contributed by atoms with van der Waals surface area (Å²) in [4.78, 5) is 4.37. The molecule has 0 saturated heterocycles. The molecule has 0 amide bonds. The van der Waals surface area contributed by atoms with Crippen LogP contribution < -0.4 is 0 Å². The van der Waals surface area contributed by atoms with Crippen LogP contribution in [0.1, 0.15) is 59.2 Å². The van der Waals surface area contributed by atoms with Crippen LogP contribution >= 0.6 is 0 Å². The summed E-state index contributed by atoms with van der Waals surface area (Å²) in [7, 11) is 0. The summed E-state index contributed by atoms with van der Waals surface area (Å²) in [6, 6.07) is 0. The van der Waals surface area contributed by atoms with Gasteiger partial charge in [0.1, 0.15) is 12.2 Å². The van der Waals surface area contributed by atoms with Gasteiger partial charge in [-0.05, 0) is 37.0 Å². The zero-order valence-corrected chi connectivity index (χ0v) is 13.3. The van der Waals surface area contributed by atoms with Crippen LogP contribution in [0.15, 0.2) is 6.33 Å². The lowest BCUT2D eigenvalue weighted by Gasteiger charge is -2.38. The number of aromatic nitrogens is 3. The highest BCUT2D eigenvalue weighted by Crippen LogP contribution is 2.38. The predicted molar refractivity (Wildman–Crippen MR) is 80.3 cm³/mol. The molecule has 4 nitrogen and oxygen atoms in total. The molecule has 0 spiro atoms. The van der Waals surface area contributed by atoms with Gasteiger partial charge in [-0.1, -0.05) is 34.1 Å². The van der Waals surface area contributed by atoms with Gasteiger partial charge in [0, 0.05) is 13.0 Å². The fourth-order valence-corrected chi connectivity index (χ4v) is 3.33. The van der Waals surface area contributed by atoms with Crippen molar-refractivity contribution in [2.24, 2.45) is 17.8 Å². The molecule has 0 bridgehead atoms. The lowest BCUT2D eigenvalue weighted by atomic mass is 9.72. The molecule has 4 heteroatoms. The Morgan fingerprint density at radius 2 is 2.15 bits per heavy atom. The quantitative estimate of drug-likeness (QED) is 0.901. The molecule has 1 aromatic rings. The average Bonchev–Trinajstić information content (AvgIpc) is 2.75. The van der Waals surface area contributed by atoms with Gasteiger partial charge in [-0.3, -0.25) is 0 Å². The molecule has 1 aliphatic rings. The van der Waals surface area contributed by atoms with E-state index in [0.29, 0.717) is 24.2 Å². The monoisotopic (exact) mass is 279 g/mol. The first-order valence-electron chi connectivity index (χ1n) is 7.99. The van der Waals surface area contributed by atoms with E-state index in [0.717, 1.165) is 31.6 Å². The van der Waals surface area contributed by atoms with Gasteiger partial charge in [-0.15, -0.1) is 0 Å². The third-order valence-corrected chi connectivity index (χ3v) is 4.52. The largest absolute Gasteiger partial charge is 0.389 e. The van der Waals surface area contributed by atoms with Crippen molar-refractivity contribution in [3.8, 4) is 0 Å². The van der Waals surface area contributed by atoms with Crippen LogP contribution in [0, 0.1) is 17.8 Å². The maximum Gasteiger partial charge on any atom is 0.138 e. The maximum atomic E-state index is 10.9. The number of nitrogens with zero attached hydrogens (tertiary/aromatic N) is 3. The molecule has 1 N–H and O–H groups in total. The third-order valence-electron chi connectivity index (χ3n) is 4.52. The van der Waals surface area contributed by atoms with Gasteiger partial charge in [-0.2, -0.15) is 5.10 Å². The minimum atomic E-state index is -0.588. The summed E-state index contributed by atoms with van der Waals surface area (Å²) >= 11 is 0. The second kappa shape index (κ2) is 6.25. The molecule has 0 aliphatic heterocycles. The second-order valence-electron chi connectivity index (χ2n) is 7.25. The van der Waals surface area contributed by atoms with E-state index in [9.17, 15) is 5.11 Å². The highest BCUT2D eigenvalue weighted by Gasteiger charge is 2.36. The van der Waals surface area contributed by atoms with Gasteiger partial charge in [0.15, 0.2) is 0 Å². The Morgan fingerprint density at radius 1 is 1.40 bits per heavy atom. The molecule has 2 atom stereocenters. The lowest BCUT2D eigenvalue weighted by Crippen LogP contribution is -2.39.